The van der Waals surface area contributed by atoms with E-state index in [0.717, 1.165) is 59.5 Å². The summed E-state index contributed by atoms with van der Waals surface area (Å²) in [5.41, 5.74) is 6.99. The highest BCUT2D eigenvalue weighted by atomic mass is 16.5. The van der Waals surface area contributed by atoms with Crippen molar-refractivity contribution < 1.29 is 23.9 Å². The molecule has 2 N–H and O–H groups in total. The maximum Gasteiger partial charge on any atom is 0.262 e. The lowest BCUT2D eigenvalue weighted by molar-refractivity contribution is -0.118. The summed E-state index contributed by atoms with van der Waals surface area (Å²) < 4.78 is 11.8. The first-order valence-corrected chi connectivity index (χ1v) is 13.4. The Labute approximate surface area is 223 Å². The molecule has 0 saturated heterocycles. The predicted octanol–water partition coefficient (Wildman–Crippen LogP) is 5.42. The predicted molar refractivity (Wildman–Crippen MR) is 145 cm³/mol. The molecule has 2 aromatic rings. The fourth-order valence-electron chi connectivity index (χ4n) is 5.62. The third kappa shape index (κ3) is 4.97. The van der Waals surface area contributed by atoms with Gasteiger partial charge in [-0.05, 0) is 81.3 Å². The molecule has 5 rings (SSSR count). The van der Waals surface area contributed by atoms with Gasteiger partial charge in [-0.3, -0.25) is 14.4 Å². The summed E-state index contributed by atoms with van der Waals surface area (Å²) in [6.07, 6.45) is 4.21. The molecular formula is C31H34N2O5. The number of dihydropyridines is 1. The van der Waals surface area contributed by atoms with E-state index in [-0.39, 0.29) is 24.1 Å². The Hall–Kier alpha value is -3.87. The van der Waals surface area contributed by atoms with Gasteiger partial charge >= 0.3 is 0 Å². The smallest absolute Gasteiger partial charge is 0.262 e. The maximum absolute atomic E-state index is 13.1. The zero-order valence-corrected chi connectivity index (χ0v) is 22.2. The normalized spacial score (nSPS) is 17.6. The molecule has 7 nitrogen and oxygen atoms in total. The Morgan fingerprint density at radius 2 is 1.61 bits per heavy atom. The molecule has 1 aliphatic heterocycles. The molecule has 2 aromatic carbocycles. The van der Waals surface area contributed by atoms with Crippen molar-refractivity contribution in [2.24, 2.45) is 0 Å². The highest BCUT2D eigenvalue weighted by Gasteiger charge is 2.40. The second kappa shape index (κ2) is 10.9. The van der Waals surface area contributed by atoms with E-state index in [4.69, 9.17) is 9.47 Å². The summed E-state index contributed by atoms with van der Waals surface area (Å²) in [6.45, 7) is 6.07. The number of benzene rings is 2. The fourth-order valence-corrected chi connectivity index (χ4v) is 5.62. The van der Waals surface area contributed by atoms with Gasteiger partial charge in [0.05, 0.1) is 6.61 Å². The van der Waals surface area contributed by atoms with Crippen LogP contribution in [0.15, 0.2) is 58.9 Å². The lowest BCUT2D eigenvalue weighted by Crippen LogP contribution is -2.36. The van der Waals surface area contributed by atoms with Gasteiger partial charge in [-0.2, -0.15) is 0 Å². The van der Waals surface area contributed by atoms with Gasteiger partial charge in [0, 0.05) is 47.0 Å². The largest absolute Gasteiger partial charge is 0.490 e. The van der Waals surface area contributed by atoms with E-state index in [1.165, 1.54) is 0 Å². The van der Waals surface area contributed by atoms with E-state index >= 15 is 0 Å². The van der Waals surface area contributed by atoms with Gasteiger partial charge in [0.15, 0.2) is 29.7 Å². The summed E-state index contributed by atoms with van der Waals surface area (Å²) in [4.78, 5) is 38.9. The minimum absolute atomic E-state index is 0.0927. The number of hydrogen-bond acceptors (Lipinski definition) is 6. The summed E-state index contributed by atoms with van der Waals surface area (Å²) in [5.74, 6) is 0.425. The Balaban J connectivity index is 1.43. The molecular weight excluding hydrogens is 480 g/mol. The lowest BCUT2D eigenvalue weighted by Gasteiger charge is -2.37. The van der Waals surface area contributed by atoms with Crippen LogP contribution in [-0.4, -0.2) is 30.7 Å². The van der Waals surface area contributed by atoms with Gasteiger partial charge in [0.2, 0.25) is 0 Å². The Morgan fingerprint density at radius 3 is 2.26 bits per heavy atom. The van der Waals surface area contributed by atoms with Crippen LogP contribution in [0.1, 0.15) is 68.1 Å². The van der Waals surface area contributed by atoms with Crippen molar-refractivity contribution in [2.45, 2.75) is 65.2 Å². The second-order valence-electron chi connectivity index (χ2n) is 10.1. The number of ketones is 2. The van der Waals surface area contributed by atoms with Crippen LogP contribution in [0.4, 0.5) is 5.69 Å². The zero-order valence-electron chi connectivity index (χ0n) is 22.2. The third-order valence-corrected chi connectivity index (χ3v) is 7.63. The lowest BCUT2D eigenvalue weighted by atomic mass is 9.71. The van der Waals surface area contributed by atoms with E-state index < -0.39 is 5.92 Å². The van der Waals surface area contributed by atoms with Crippen molar-refractivity contribution in [1.82, 2.24) is 5.32 Å². The van der Waals surface area contributed by atoms with Crippen LogP contribution in [-0.2, 0) is 14.4 Å². The van der Waals surface area contributed by atoms with Crippen molar-refractivity contribution in [1.29, 1.82) is 0 Å². The average molecular weight is 515 g/mol. The van der Waals surface area contributed by atoms with E-state index in [9.17, 15) is 14.4 Å². The summed E-state index contributed by atoms with van der Waals surface area (Å²) in [5, 5.41) is 6.36. The Bertz CT molecular complexity index is 1330. The molecule has 0 radical (unpaired) electrons. The quantitative estimate of drug-likeness (QED) is 0.512. The van der Waals surface area contributed by atoms with E-state index in [1.807, 2.05) is 51.1 Å². The first kappa shape index (κ1) is 25.8. The van der Waals surface area contributed by atoms with Crippen LogP contribution in [0.25, 0.3) is 0 Å². The molecule has 0 fully saturated rings. The molecule has 3 aliphatic rings. The number of anilines is 1. The SMILES string of the molecule is CCOc1cc(C2C3=C(CCCC3=O)NC3=C2C(=O)CCC3)ccc1OCC(=O)Nc1cccc(C)c1C. The van der Waals surface area contributed by atoms with Crippen LogP contribution in [0, 0.1) is 13.8 Å². The number of Topliss-reactive ketones (excluding diaryl/α,β-unsaturated/α-hetero) is 2. The number of carbonyl (C=O) groups excluding carboxylic acids is 3. The van der Waals surface area contributed by atoms with Gasteiger partial charge in [0.25, 0.3) is 5.91 Å². The highest BCUT2D eigenvalue weighted by molar-refractivity contribution is 6.06. The van der Waals surface area contributed by atoms with Crippen LogP contribution in [0.3, 0.4) is 0 Å². The van der Waals surface area contributed by atoms with Gasteiger partial charge in [-0.15, -0.1) is 0 Å². The topological polar surface area (TPSA) is 93.7 Å². The minimum Gasteiger partial charge on any atom is -0.490 e. The van der Waals surface area contributed by atoms with Crippen molar-refractivity contribution in [3.8, 4) is 11.5 Å². The molecule has 0 aromatic heterocycles. The number of amides is 1. The second-order valence-corrected chi connectivity index (χ2v) is 10.1. The molecule has 0 bridgehead atoms. The van der Waals surface area contributed by atoms with Gasteiger partial charge in [-0.25, -0.2) is 0 Å². The van der Waals surface area contributed by atoms with E-state index in [1.54, 1.807) is 6.07 Å². The third-order valence-electron chi connectivity index (χ3n) is 7.63. The highest BCUT2D eigenvalue weighted by Crippen LogP contribution is 2.46. The fraction of sp³-hybridized carbons (Fsp3) is 0.387. The Morgan fingerprint density at radius 1 is 0.921 bits per heavy atom. The van der Waals surface area contributed by atoms with Crippen molar-refractivity contribution in [2.75, 3.05) is 18.5 Å². The molecule has 0 atom stereocenters. The molecule has 38 heavy (non-hydrogen) atoms. The monoisotopic (exact) mass is 514 g/mol. The summed E-state index contributed by atoms with van der Waals surface area (Å²) >= 11 is 0. The molecule has 198 valence electrons. The molecule has 1 amide bonds. The minimum atomic E-state index is -0.414. The van der Waals surface area contributed by atoms with Crippen LogP contribution in [0.2, 0.25) is 0 Å². The summed E-state index contributed by atoms with van der Waals surface area (Å²) in [7, 11) is 0. The molecule has 1 heterocycles. The van der Waals surface area contributed by atoms with E-state index in [0.29, 0.717) is 42.1 Å². The van der Waals surface area contributed by atoms with Gasteiger partial charge in [-0.1, -0.05) is 18.2 Å². The van der Waals surface area contributed by atoms with Crippen molar-refractivity contribution in [3.63, 3.8) is 0 Å². The number of ether oxygens (including phenoxy) is 2. The first-order valence-electron chi connectivity index (χ1n) is 13.4. The molecule has 0 spiro atoms. The van der Waals surface area contributed by atoms with Crippen LogP contribution < -0.4 is 20.1 Å². The van der Waals surface area contributed by atoms with Crippen molar-refractivity contribution >= 4 is 23.2 Å². The van der Waals surface area contributed by atoms with Gasteiger partial charge in [0.1, 0.15) is 0 Å². The van der Waals surface area contributed by atoms with Gasteiger partial charge < -0.3 is 20.1 Å². The van der Waals surface area contributed by atoms with E-state index in [2.05, 4.69) is 10.6 Å². The number of aryl methyl sites for hydroxylation is 1. The number of rotatable bonds is 7. The molecule has 2 aliphatic carbocycles. The summed E-state index contributed by atoms with van der Waals surface area (Å²) in [6, 6.07) is 11.3. The van der Waals surface area contributed by atoms with Crippen molar-refractivity contribution in [3.05, 3.63) is 75.6 Å². The van der Waals surface area contributed by atoms with Crippen LogP contribution in [0.5, 0.6) is 11.5 Å². The standard InChI is InChI=1S/C31H34N2O5/c1-4-37-27-16-20(14-15-26(27)38-17-28(36)33-21-9-5-8-18(2)19(21)3)29-30-22(10-6-12-24(30)34)32-23-11-7-13-25(35)31(23)29/h5,8-9,14-16,29,32H,4,6-7,10-13,17H2,1-3H3,(H,33,36). The Kier molecular flexibility index (Phi) is 7.36. The number of allylic oxidation sites excluding steroid dienone is 4. The molecule has 7 heteroatoms. The maximum atomic E-state index is 13.1. The number of hydrogen-bond donors (Lipinski definition) is 2. The average Bonchev–Trinajstić information content (AvgIpc) is 2.90. The number of nitrogens with one attached hydrogen (secondary N) is 2. The molecule has 0 unspecified atom stereocenters. The van der Waals surface area contributed by atoms with Crippen LogP contribution >= 0.6 is 0 Å². The molecule has 0 saturated carbocycles. The number of carbonyl (C=O) groups is 3. The zero-order chi connectivity index (χ0) is 26.8. The first-order chi connectivity index (χ1) is 18.4.